The zero-order chi connectivity index (χ0) is 26.1. The molecule has 37 heavy (non-hydrogen) atoms. The molecule has 194 valence electrons. The number of fused-ring (bicyclic) bond motifs is 1. The molecular weight excluding hydrogens is 562 g/mol. The maximum atomic E-state index is 13.8. The number of nitrogens with one attached hydrogen (secondary N) is 1. The molecular formula is C28H27BrClNO6. The van der Waals surface area contributed by atoms with Crippen LogP contribution in [0.5, 0.6) is 11.5 Å². The molecule has 0 aromatic heterocycles. The first-order valence-corrected chi connectivity index (χ1v) is 13.4. The van der Waals surface area contributed by atoms with Crippen LogP contribution in [0.4, 0.5) is 0 Å². The third-order valence-corrected chi connectivity index (χ3v) is 7.80. The van der Waals surface area contributed by atoms with Crippen LogP contribution in [0.25, 0.3) is 0 Å². The summed E-state index contributed by atoms with van der Waals surface area (Å²) in [4.78, 5) is 27.2. The number of benzene rings is 2. The van der Waals surface area contributed by atoms with E-state index in [-0.39, 0.29) is 25.1 Å². The van der Waals surface area contributed by atoms with Crippen molar-refractivity contribution in [1.82, 2.24) is 5.32 Å². The summed E-state index contributed by atoms with van der Waals surface area (Å²) in [6.45, 7) is 4.80. The molecule has 0 saturated heterocycles. The number of Topliss-reactive ketones (excluding diaryl/α,β-unsaturated/α-hetero) is 1. The van der Waals surface area contributed by atoms with Crippen LogP contribution in [0.3, 0.4) is 0 Å². The lowest BCUT2D eigenvalue weighted by atomic mass is 9.71. The molecule has 2 aromatic carbocycles. The summed E-state index contributed by atoms with van der Waals surface area (Å²) >= 11 is 9.73. The van der Waals surface area contributed by atoms with E-state index in [4.69, 9.17) is 30.5 Å². The first kappa shape index (κ1) is 25.8. The van der Waals surface area contributed by atoms with Gasteiger partial charge in [-0.2, -0.15) is 0 Å². The predicted octanol–water partition coefficient (Wildman–Crippen LogP) is 5.77. The van der Waals surface area contributed by atoms with E-state index < -0.39 is 11.9 Å². The number of carbonyl (C=O) groups excluding carboxylic acids is 2. The number of ether oxygens (including phenoxy) is 4. The van der Waals surface area contributed by atoms with Gasteiger partial charge in [0.25, 0.3) is 0 Å². The van der Waals surface area contributed by atoms with E-state index in [9.17, 15) is 9.59 Å². The van der Waals surface area contributed by atoms with Gasteiger partial charge >= 0.3 is 5.97 Å². The Balaban J connectivity index is 1.56. The summed E-state index contributed by atoms with van der Waals surface area (Å²) < 4.78 is 22.8. The van der Waals surface area contributed by atoms with Gasteiger partial charge in [-0.05, 0) is 61.6 Å². The Bertz CT molecular complexity index is 1300. The highest BCUT2D eigenvalue weighted by atomic mass is 79.9. The first-order valence-electron chi connectivity index (χ1n) is 12.2. The van der Waals surface area contributed by atoms with E-state index in [1.54, 1.807) is 0 Å². The second-order valence-electron chi connectivity index (χ2n) is 9.13. The van der Waals surface area contributed by atoms with Crippen LogP contribution >= 0.6 is 27.5 Å². The lowest BCUT2D eigenvalue weighted by molar-refractivity contribution is -0.140. The molecule has 2 atom stereocenters. The van der Waals surface area contributed by atoms with Crippen molar-refractivity contribution in [1.29, 1.82) is 0 Å². The highest BCUT2D eigenvalue weighted by Crippen LogP contribution is 2.49. The van der Waals surface area contributed by atoms with Gasteiger partial charge in [-0.25, -0.2) is 4.79 Å². The molecule has 0 bridgehead atoms. The molecule has 9 heteroatoms. The topological polar surface area (TPSA) is 83.1 Å². The highest BCUT2D eigenvalue weighted by molar-refractivity contribution is 9.10. The fourth-order valence-electron chi connectivity index (χ4n) is 5.16. The van der Waals surface area contributed by atoms with Crippen molar-refractivity contribution in [2.24, 2.45) is 0 Å². The minimum Gasteiger partial charge on any atom is -0.460 e. The lowest BCUT2D eigenvalue weighted by Gasteiger charge is -2.37. The van der Waals surface area contributed by atoms with Gasteiger partial charge in [0.05, 0.1) is 12.2 Å². The van der Waals surface area contributed by atoms with E-state index in [1.165, 1.54) is 0 Å². The van der Waals surface area contributed by atoms with Crippen LogP contribution in [0, 0.1) is 0 Å². The molecule has 0 amide bonds. The number of ketones is 1. The molecule has 0 saturated carbocycles. The SMILES string of the molecule is CCOCCOC(=O)C1=C(C)NC2=C(C(=O)C[C@H](c3ccc(Cl)cc3)C2)[C@@H]1c1cc2c(cc1Br)OCO2. The van der Waals surface area contributed by atoms with Gasteiger partial charge in [0.1, 0.15) is 6.61 Å². The number of esters is 1. The Kier molecular flexibility index (Phi) is 7.60. The molecule has 2 aliphatic heterocycles. The minimum atomic E-state index is -0.626. The van der Waals surface area contributed by atoms with Crippen molar-refractivity contribution < 1.29 is 28.5 Å². The first-order chi connectivity index (χ1) is 17.9. The molecule has 0 unspecified atom stereocenters. The maximum Gasteiger partial charge on any atom is 0.336 e. The lowest BCUT2D eigenvalue weighted by Crippen LogP contribution is -2.36. The number of hydrogen-bond donors (Lipinski definition) is 1. The van der Waals surface area contributed by atoms with Gasteiger partial charge in [0, 0.05) is 45.4 Å². The fraction of sp³-hybridized carbons (Fsp3) is 0.357. The largest absolute Gasteiger partial charge is 0.460 e. The van der Waals surface area contributed by atoms with E-state index >= 15 is 0 Å². The number of allylic oxidation sites excluding steroid dienone is 3. The smallest absolute Gasteiger partial charge is 0.336 e. The van der Waals surface area contributed by atoms with Crippen molar-refractivity contribution in [3.8, 4) is 11.5 Å². The fourth-order valence-corrected chi connectivity index (χ4v) is 5.84. The van der Waals surface area contributed by atoms with Crippen LogP contribution in [-0.2, 0) is 19.1 Å². The summed E-state index contributed by atoms with van der Waals surface area (Å²) in [6, 6.07) is 11.3. The Morgan fingerprint density at radius 1 is 1.14 bits per heavy atom. The van der Waals surface area contributed by atoms with Gasteiger partial charge in [-0.1, -0.05) is 39.7 Å². The second kappa shape index (κ2) is 10.9. The van der Waals surface area contributed by atoms with Crippen LogP contribution < -0.4 is 14.8 Å². The van der Waals surface area contributed by atoms with E-state index in [0.717, 1.165) is 21.3 Å². The summed E-state index contributed by atoms with van der Waals surface area (Å²) in [5, 5.41) is 4.03. The van der Waals surface area contributed by atoms with Crippen molar-refractivity contribution in [3.63, 3.8) is 0 Å². The van der Waals surface area contributed by atoms with E-state index in [1.807, 2.05) is 50.2 Å². The van der Waals surface area contributed by atoms with Gasteiger partial charge < -0.3 is 24.3 Å². The molecule has 0 radical (unpaired) electrons. The molecule has 1 N–H and O–H groups in total. The number of rotatable bonds is 7. The molecule has 2 heterocycles. The average molecular weight is 589 g/mol. The van der Waals surface area contributed by atoms with Crippen molar-refractivity contribution in [2.75, 3.05) is 26.6 Å². The zero-order valence-electron chi connectivity index (χ0n) is 20.6. The monoisotopic (exact) mass is 587 g/mol. The number of dihydropyridines is 1. The Hall–Kier alpha value is -2.81. The van der Waals surface area contributed by atoms with Crippen LogP contribution in [-0.4, -0.2) is 38.4 Å². The third-order valence-electron chi connectivity index (χ3n) is 6.86. The van der Waals surface area contributed by atoms with Gasteiger partial charge in [-0.15, -0.1) is 0 Å². The number of halogens is 2. The second-order valence-corrected chi connectivity index (χ2v) is 10.4. The van der Waals surface area contributed by atoms with Crippen molar-refractivity contribution in [2.45, 2.75) is 38.5 Å². The minimum absolute atomic E-state index is 0.00403. The normalized spacial score (nSPS) is 20.6. The molecule has 3 aliphatic rings. The highest BCUT2D eigenvalue weighted by Gasteiger charge is 2.42. The van der Waals surface area contributed by atoms with Crippen LogP contribution in [0.2, 0.25) is 5.02 Å². The van der Waals surface area contributed by atoms with Crippen LogP contribution in [0.1, 0.15) is 49.7 Å². The molecule has 1 aliphatic carbocycles. The van der Waals surface area contributed by atoms with Gasteiger partial charge in [-0.3, -0.25) is 4.79 Å². The number of carbonyl (C=O) groups is 2. The molecule has 0 spiro atoms. The van der Waals surface area contributed by atoms with E-state index in [2.05, 4.69) is 21.2 Å². The van der Waals surface area contributed by atoms with Gasteiger partial charge in [0.2, 0.25) is 6.79 Å². The summed E-state index contributed by atoms with van der Waals surface area (Å²) in [6.07, 6.45) is 0.956. The van der Waals surface area contributed by atoms with Gasteiger partial charge in [0.15, 0.2) is 17.3 Å². The maximum absolute atomic E-state index is 13.8. The van der Waals surface area contributed by atoms with Crippen molar-refractivity contribution in [3.05, 3.63) is 79.6 Å². The average Bonchev–Trinajstić information content (AvgIpc) is 3.32. The Morgan fingerprint density at radius 3 is 2.59 bits per heavy atom. The third kappa shape index (κ3) is 5.15. The molecule has 7 nitrogen and oxygen atoms in total. The van der Waals surface area contributed by atoms with Crippen LogP contribution in [0.15, 0.2) is 63.4 Å². The standard InChI is InChI=1S/C28H27BrClNO6/c1-3-34-8-9-35-28(33)25-15(2)31-21-10-17(16-4-6-18(30)7-5-16)11-22(32)27(21)26(25)19-12-23-24(13-20(19)29)37-14-36-23/h4-7,12-13,17,26,31H,3,8-11,14H2,1-2H3/t17-,26-/m1/s1. The number of hydrogen-bond acceptors (Lipinski definition) is 7. The molecule has 0 fully saturated rings. The summed E-state index contributed by atoms with van der Waals surface area (Å²) in [5.41, 5.74) is 4.23. The summed E-state index contributed by atoms with van der Waals surface area (Å²) in [5.74, 6) is 0.0533. The zero-order valence-corrected chi connectivity index (χ0v) is 22.9. The molecule has 5 rings (SSSR count). The predicted molar refractivity (Wildman–Crippen MR) is 142 cm³/mol. The summed E-state index contributed by atoms with van der Waals surface area (Å²) in [7, 11) is 0. The Labute approximate surface area is 228 Å². The van der Waals surface area contributed by atoms with Crippen molar-refractivity contribution >= 4 is 39.3 Å². The molecule has 2 aromatic rings. The quantitative estimate of drug-likeness (QED) is 0.325. The van der Waals surface area contributed by atoms with E-state index in [0.29, 0.717) is 59.4 Å². The Morgan fingerprint density at radius 2 is 1.86 bits per heavy atom.